The number of carbonyl (C=O) groups excluding carboxylic acids is 2. The van der Waals surface area contributed by atoms with Crippen LogP contribution in [0.5, 0.6) is 23.0 Å². The Kier molecular flexibility index (Phi) is 6.31. The Morgan fingerprint density at radius 3 is 2.38 bits per heavy atom. The highest BCUT2D eigenvalue weighted by molar-refractivity contribution is 6.01. The molecule has 172 valence electrons. The number of nitrogens with zero attached hydrogens (tertiary/aromatic N) is 1. The number of fused-ring (bicyclic) bond motifs is 1. The minimum absolute atomic E-state index is 0.234. The van der Waals surface area contributed by atoms with Crippen molar-refractivity contribution in [2.45, 2.75) is 13.8 Å². The van der Waals surface area contributed by atoms with Gasteiger partial charge in [0.2, 0.25) is 0 Å². The molecule has 0 radical (unpaired) electrons. The van der Waals surface area contributed by atoms with E-state index in [-0.39, 0.29) is 5.56 Å². The number of ether oxygens (including phenoxy) is 3. The maximum Gasteiger partial charge on any atom is 0.417 e. The van der Waals surface area contributed by atoms with Crippen LogP contribution in [0, 0.1) is 13.8 Å². The van der Waals surface area contributed by atoms with E-state index in [1.165, 1.54) is 7.11 Å². The third-order valence-electron chi connectivity index (χ3n) is 5.44. The molecule has 0 aliphatic carbocycles. The summed E-state index contributed by atoms with van der Waals surface area (Å²) in [5.41, 5.74) is 8.58. The Morgan fingerprint density at radius 2 is 1.68 bits per heavy atom. The SMILES string of the molecule is COc1cc2nccc(Oc3ccc(NC(=O)Oc4ccccc4)c(C)c3C)c2cc1C(N)=O. The van der Waals surface area contributed by atoms with Crippen molar-refractivity contribution in [2.24, 2.45) is 5.73 Å². The number of carbonyl (C=O) groups is 2. The molecule has 4 aromatic rings. The molecule has 0 saturated heterocycles. The van der Waals surface area contributed by atoms with Crippen molar-refractivity contribution in [3.05, 3.63) is 83.6 Å². The van der Waals surface area contributed by atoms with Gasteiger partial charge in [-0.15, -0.1) is 0 Å². The lowest BCUT2D eigenvalue weighted by Gasteiger charge is -2.16. The summed E-state index contributed by atoms with van der Waals surface area (Å²) in [6.07, 6.45) is 1.02. The molecule has 0 atom stereocenters. The molecule has 1 heterocycles. The average Bonchev–Trinajstić information content (AvgIpc) is 2.83. The lowest BCUT2D eigenvalue weighted by atomic mass is 10.1. The van der Waals surface area contributed by atoms with Crippen LogP contribution in [-0.2, 0) is 0 Å². The molecule has 0 unspecified atom stereocenters. The second-order valence-electron chi connectivity index (χ2n) is 7.53. The van der Waals surface area contributed by atoms with Crippen molar-refractivity contribution in [1.82, 2.24) is 4.98 Å². The Balaban J connectivity index is 1.61. The zero-order valence-electron chi connectivity index (χ0n) is 18.9. The molecule has 0 aliphatic rings. The molecular formula is C26H23N3O5. The van der Waals surface area contributed by atoms with Crippen molar-refractivity contribution >= 4 is 28.6 Å². The number of nitrogens with one attached hydrogen (secondary N) is 1. The molecule has 1 aromatic heterocycles. The minimum Gasteiger partial charge on any atom is -0.496 e. The second-order valence-corrected chi connectivity index (χ2v) is 7.53. The highest BCUT2D eigenvalue weighted by atomic mass is 16.6. The number of pyridine rings is 1. The molecule has 0 spiro atoms. The molecule has 0 fully saturated rings. The third-order valence-corrected chi connectivity index (χ3v) is 5.44. The van der Waals surface area contributed by atoms with Crippen LogP contribution in [0.15, 0.2) is 66.9 Å². The summed E-state index contributed by atoms with van der Waals surface area (Å²) in [5, 5.41) is 3.37. The number of hydrogen-bond donors (Lipinski definition) is 2. The van der Waals surface area contributed by atoms with Crippen molar-refractivity contribution in [2.75, 3.05) is 12.4 Å². The van der Waals surface area contributed by atoms with E-state index in [4.69, 9.17) is 19.9 Å². The number of hydrogen-bond acceptors (Lipinski definition) is 6. The van der Waals surface area contributed by atoms with E-state index in [1.54, 1.807) is 60.8 Å². The lowest BCUT2D eigenvalue weighted by Crippen LogP contribution is -2.17. The van der Waals surface area contributed by atoms with Gasteiger partial charge in [0.25, 0.3) is 5.91 Å². The Bertz CT molecular complexity index is 1390. The van der Waals surface area contributed by atoms with Gasteiger partial charge in [-0.3, -0.25) is 15.1 Å². The molecule has 4 rings (SSSR count). The lowest BCUT2D eigenvalue weighted by molar-refractivity contribution is 0.0997. The first-order chi connectivity index (χ1) is 16.4. The fourth-order valence-corrected chi connectivity index (χ4v) is 3.49. The van der Waals surface area contributed by atoms with Gasteiger partial charge in [-0.05, 0) is 61.4 Å². The first-order valence-corrected chi connectivity index (χ1v) is 10.5. The molecule has 8 heteroatoms. The predicted molar refractivity (Wildman–Crippen MR) is 129 cm³/mol. The van der Waals surface area contributed by atoms with Gasteiger partial charge in [-0.1, -0.05) is 18.2 Å². The molecule has 2 amide bonds. The first kappa shape index (κ1) is 22.6. The van der Waals surface area contributed by atoms with Crippen molar-refractivity contribution in [1.29, 1.82) is 0 Å². The van der Waals surface area contributed by atoms with Crippen molar-refractivity contribution < 1.29 is 23.8 Å². The second kappa shape index (κ2) is 9.50. The predicted octanol–water partition coefficient (Wildman–Crippen LogP) is 5.36. The number of para-hydroxylation sites is 1. The number of aromatic nitrogens is 1. The summed E-state index contributed by atoms with van der Waals surface area (Å²) in [5.74, 6) is 1.27. The number of rotatable bonds is 6. The number of primary amides is 1. The summed E-state index contributed by atoms with van der Waals surface area (Å²) in [7, 11) is 1.46. The van der Waals surface area contributed by atoms with Gasteiger partial charge in [-0.25, -0.2) is 4.79 Å². The molecule has 0 aliphatic heterocycles. The summed E-state index contributed by atoms with van der Waals surface area (Å²) < 4.78 is 16.8. The fraction of sp³-hybridized carbons (Fsp3) is 0.115. The number of nitrogens with two attached hydrogens (primary N) is 1. The van der Waals surface area contributed by atoms with Crippen LogP contribution in [0.3, 0.4) is 0 Å². The van der Waals surface area contributed by atoms with Crippen LogP contribution in [0.2, 0.25) is 0 Å². The summed E-state index contributed by atoms with van der Waals surface area (Å²) >= 11 is 0. The number of amides is 2. The number of anilines is 1. The normalized spacial score (nSPS) is 10.6. The number of methoxy groups -OCH3 is 1. The van der Waals surface area contributed by atoms with Crippen molar-refractivity contribution in [3.8, 4) is 23.0 Å². The molecule has 3 aromatic carbocycles. The highest BCUT2D eigenvalue weighted by Crippen LogP contribution is 2.36. The quantitative estimate of drug-likeness (QED) is 0.403. The zero-order chi connectivity index (χ0) is 24.2. The summed E-state index contributed by atoms with van der Waals surface area (Å²) in [6.45, 7) is 3.76. The Hall–Kier alpha value is -4.59. The monoisotopic (exact) mass is 457 g/mol. The fourth-order valence-electron chi connectivity index (χ4n) is 3.49. The minimum atomic E-state index is -0.613. The standard InChI is InChI=1S/C26H23N3O5/c1-15-16(2)22(10-9-20(15)29-26(31)33-17-7-5-4-6-8-17)34-23-11-12-28-21-14-24(32-3)19(25(27)30)13-18(21)23/h4-14H,1-3H3,(H2,27,30)(H,29,31). The van der Waals surface area contributed by atoms with Gasteiger partial charge >= 0.3 is 6.09 Å². The van der Waals surface area contributed by atoms with Crippen LogP contribution >= 0.6 is 0 Å². The molecule has 0 bridgehead atoms. The van der Waals surface area contributed by atoms with Gasteiger partial charge in [0, 0.05) is 23.3 Å². The van der Waals surface area contributed by atoms with E-state index in [2.05, 4.69) is 10.3 Å². The van der Waals surface area contributed by atoms with E-state index in [1.807, 2.05) is 19.9 Å². The van der Waals surface area contributed by atoms with Crippen LogP contribution in [-0.4, -0.2) is 24.1 Å². The molecule has 0 saturated carbocycles. The maximum absolute atomic E-state index is 12.3. The first-order valence-electron chi connectivity index (χ1n) is 10.5. The third kappa shape index (κ3) is 4.61. The summed E-state index contributed by atoms with van der Waals surface area (Å²) in [6, 6.07) is 17.3. The molecule has 8 nitrogen and oxygen atoms in total. The van der Waals surface area contributed by atoms with Crippen LogP contribution in [0.25, 0.3) is 10.9 Å². The van der Waals surface area contributed by atoms with E-state index < -0.39 is 12.0 Å². The zero-order valence-corrected chi connectivity index (χ0v) is 18.9. The van der Waals surface area contributed by atoms with Gasteiger partial charge < -0.3 is 19.9 Å². The van der Waals surface area contributed by atoms with Gasteiger partial charge in [0.1, 0.15) is 23.0 Å². The van der Waals surface area contributed by atoms with E-state index in [0.29, 0.717) is 39.6 Å². The van der Waals surface area contributed by atoms with Gasteiger partial charge in [-0.2, -0.15) is 0 Å². The maximum atomic E-state index is 12.3. The Morgan fingerprint density at radius 1 is 0.912 bits per heavy atom. The number of benzene rings is 3. The molecule has 34 heavy (non-hydrogen) atoms. The highest BCUT2D eigenvalue weighted by Gasteiger charge is 2.16. The average molecular weight is 457 g/mol. The van der Waals surface area contributed by atoms with Crippen molar-refractivity contribution in [3.63, 3.8) is 0 Å². The summed E-state index contributed by atoms with van der Waals surface area (Å²) in [4.78, 5) is 28.5. The van der Waals surface area contributed by atoms with E-state index in [9.17, 15) is 9.59 Å². The van der Waals surface area contributed by atoms with Crippen LogP contribution < -0.4 is 25.3 Å². The smallest absolute Gasteiger partial charge is 0.417 e. The van der Waals surface area contributed by atoms with Crippen LogP contribution in [0.4, 0.5) is 10.5 Å². The largest absolute Gasteiger partial charge is 0.496 e. The van der Waals surface area contributed by atoms with Gasteiger partial charge in [0.05, 0.1) is 18.2 Å². The topological polar surface area (TPSA) is 113 Å². The van der Waals surface area contributed by atoms with Gasteiger partial charge in [0.15, 0.2) is 0 Å². The Labute approximate surface area is 196 Å². The van der Waals surface area contributed by atoms with E-state index >= 15 is 0 Å². The molecular weight excluding hydrogens is 434 g/mol. The van der Waals surface area contributed by atoms with Crippen LogP contribution in [0.1, 0.15) is 21.5 Å². The van der Waals surface area contributed by atoms with E-state index in [0.717, 1.165) is 11.1 Å². The molecule has 3 N–H and O–H groups in total.